The van der Waals surface area contributed by atoms with Gasteiger partial charge < -0.3 is 15.2 Å². The predicted octanol–water partition coefficient (Wildman–Crippen LogP) is 3.94. The summed E-state index contributed by atoms with van der Waals surface area (Å²) in [6.07, 6.45) is 4.03. The molecule has 0 radical (unpaired) electrons. The van der Waals surface area contributed by atoms with Gasteiger partial charge in [-0.1, -0.05) is 28.9 Å². The van der Waals surface area contributed by atoms with Crippen LogP contribution in [0.25, 0.3) is 0 Å². The summed E-state index contributed by atoms with van der Waals surface area (Å²) in [7, 11) is 0. The molecule has 1 aromatic carbocycles. The normalized spacial score (nSPS) is 10.5. The number of aromatic nitrogens is 2. The topological polar surface area (TPSA) is 80.0 Å². The fourth-order valence-electron chi connectivity index (χ4n) is 2.28. The Balaban J connectivity index is 1.57. The van der Waals surface area contributed by atoms with Crippen LogP contribution in [0.15, 0.2) is 53.3 Å². The molecule has 7 heteroatoms. The molecule has 0 aliphatic heterocycles. The molecular formula is C18H17ClN4O2. The van der Waals surface area contributed by atoms with Crippen molar-refractivity contribution in [3.63, 3.8) is 0 Å². The van der Waals surface area contributed by atoms with Gasteiger partial charge >= 0.3 is 0 Å². The van der Waals surface area contributed by atoms with Crippen LogP contribution in [0.3, 0.4) is 0 Å². The Labute approximate surface area is 150 Å². The largest absolute Gasteiger partial charge is 0.383 e. The van der Waals surface area contributed by atoms with Gasteiger partial charge in [0.05, 0.1) is 11.3 Å². The van der Waals surface area contributed by atoms with Crippen LogP contribution in [-0.4, -0.2) is 22.6 Å². The van der Waals surface area contributed by atoms with E-state index in [-0.39, 0.29) is 5.91 Å². The second kappa shape index (κ2) is 7.81. The van der Waals surface area contributed by atoms with Gasteiger partial charge in [0.15, 0.2) is 5.82 Å². The summed E-state index contributed by atoms with van der Waals surface area (Å²) in [5.41, 5.74) is 2.40. The first-order valence-corrected chi connectivity index (χ1v) is 8.16. The average molecular weight is 357 g/mol. The molecule has 0 aliphatic carbocycles. The van der Waals surface area contributed by atoms with E-state index < -0.39 is 0 Å². The van der Waals surface area contributed by atoms with E-state index in [0.29, 0.717) is 17.1 Å². The number of nitrogens with zero attached hydrogens (tertiary/aromatic N) is 2. The van der Waals surface area contributed by atoms with Gasteiger partial charge in [0, 0.05) is 30.0 Å². The number of aryl methyl sites for hydroxylation is 1. The van der Waals surface area contributed by atoms with E-state index in [4.69, 9.17) is 16.1 Å². The van der Waals surface area contributed by atoms with E-state index in [0.717, 1.165) is 23.7 Å². The van der Waals surface area contributed by atoms with Gasteiger partial charge in [0.2, 0.25) is 0 Å². The molecule has 0 saturated carbocycles. The zero-order valence-electron chi connectivity index (χ0n) is 13.6. The number of carbonyl (C=O) groups excluding carboxylic acids is 1. The highest BCUT2D eigenvalue weighted by Gasteiger charge is 2.10. The average Bonchev–Trinajstić information content (AvgIpc) is 3.02. The molecule has 25 heavy (non-hydrogen) atoms. The van der Waals surface area contributed by atoms with Crippen molar-refractivity contribution >= 4 is 29.0 Å². The summed E-state index contributed by atoms with van der Waals surface area (Å²) in [5, 5.41) is 10.4. The fourth-order valence-corrected chi connectivity index (χ4v) is 2.40. The highest BCUT2D eigenvalue weighted by Crippen LogP contribution is 2.13. The summed E-state index contributed by atoms with van der Waals surface area (Å²) < 4.78 is 4.93. The van der Waals surface area contributed by atoms with E-state index in [1.807, 2.05) is 24.3 Å². The van der Waals surface area contributed by atoms with Gasteiger partial charge in [-0.15, -0.1) is 0 Å². The molecule has 0 atom stereocenters. The number of hydrogen-bond acceptors (Lipinski definition) is 5. The molecule has 6 nitrogen and oxygen atoms in total. The van der Waals surface area contributed by atoms with Crippen molar-refractivity contribution in [2.75, 3.05) is 17.2 Å². The lowest BCUT2D eigenvalue weighted by atomic mass is 10.1. The minimum atomic E-state index is -0.290. The van der Waals surface area contributed by atoms with Gasteiger partial charge in [0.25, 0.3) is 5.91 Å². The quantitative estimate of drug-likeness (QED) is 0.699. The van der Waals surface area contributed by atoms with Crippen molar-refractivity contribution in [1.82, 2.24) is 10.1 Å². The zero-order valence-corrected chi connectivity index (χ0v) is 14.4. The van der Waals surface area contributed by atoms with Gasteiger partial charge in [0.1, 0.15) is 5.76 Å². The number of halogens is 1. The van der Waals surface area contributed by atoms with Crippen molar-refractivity contribution in [2.45, 2.75) is 13.3 Å². The first-order valence-electron chi connectivity index (χ1n) is 7.78. The molecule has 0 saturated heterocycles. The molecular weight excluding hydrogens is 340 g/mol. The van der Waals surface area contributed by atoms with Gasteiger partial charge in [-0.05, 0) is 37.1 Å². The maximum absolute atomic E-state index is 12.2. The first kappa shape index (κ1) is 17.0. The molecule has 2 heterocycles. The molecule has 128 valence electrons. The van der Waals surface area contributed by atoms with Gasteiger partial charge in [-0.25, -0.2) is 0 Å². The van der Waals surface area contributed by atoms with Crippen LogP contribution in [0, 0.1) is 6.92 Å². The lowest BCUT2D eigenvalue weighted by Gasteiger charge is -2.08. The number of amides is 1. The Morgan fingerprint density at radius 3 is 2.72 bits per heavy atom. The SMILES string of the molecule is Cc1cc(NC(=O)c2cncc(NCCc3ccc(Cl)cc3)c2)no1. The highest BCUT2D eigenvalue weighted by molar-refractivity contribution is 6.30. The zero-order chi connectivity index (χ0) is 17.6. The standard InChI is InChI=1S/C18H17ClN4O2/c1-12-8-17(23-25-12)22-18(24)14-9-16(11-20-10-14)21-7-6-13-2-4-15(19)5-3-13/h2-5,8-11,21H,6-7H2,1H3,(H,22,23,24). The van der Waals surface area contributed by atoms with E-state index in [1.165, 1.54) is 11.8 Å². The molecule has 1 amide bonds. The van der Waals surface area contributed by atoms with E-state index in [2.05, 4.69) is 20.8 Å². The van der Waals surface area contributed by atoms with E-state index in [9.17, 15) is 4.79 Å². The fraction of sp³-hybridized carbons (Fsp3) is 0.167. The number of anilines is 2. The second-order valence-electron chi connectivity index (χ2n) is 5.54. The van der Waals surface area contributed by atoms with Crippen molar-refractivity contribution in [2.24, 2.45) is 0 Å². The number of carbonyl (C=O) groups is 1. The van der Waals surface area contributed by atoms with Crippen LogP contribution in [0.1, 0.15) is 21.7 Å². The molecule has 0 aliphatic rings. The predicted molar refractivity (Wildman–Crippen MR) is 97.1 cm³/mol. The van der Waals surface area contributed by atoms with Crippen LogP contribution in [-0.2, 0) is 6.42 Å². The third kappa shape index (κ3) is 4.81. The van der Waals surface area contributed by atoms with Crippen molar-refractivity contribution in [3.8, 4) is 0 Å². The Bertz CT molecular complexity index is 862. The minimum Gasteiger partial charge on any atom is -0.383 e. The monoisotopic (exact) mass is 356 g/mol. The third-order valence-corrected chi connectivity index (χ3v) is 3.78. The Morgan fingerprint density at radius 1 is 1.20 bits per heavy atom. The van der Waals surface area contributed by atoms with Gasteiger partial charge in [-0.3, -0.25) is 9.78 Å². The number of rotatable bonds is 6. The first-order chi connectivity index (χ1) is 12.1. The summed E-state index contributed by atoms with van der Waals surface area (Å²) in [4.78, 5) is 16.3. The number of pyridine rings is 1. The lowest BCUT2D eigenvalue weighted by molar-refractivity contribution is 0.102. The summed E-state index contributed by atoms with van der Waals surface area (Å²) in [6.45, 7) is 2.48. The van der Waals surface area contributed by atoms with Crippen LogP contribution >= 0.6 is 11.6 Å². The Hall–Kier alpha value is -2.86. The molecule has 3 aromatic rings. The number of hydrogen-bond donors (Lipinski definition) is 2. The van der Waals surface area contributed by atoms with Crippen LogP contribution in [0.2, 0.25) is 5.02 Å². The molecule has 0 fully saturated rings. The number of benzene rings is 1. The third-order valence-electron chi connectivity index (χ3n) is 3.53. The second-order valence-corrected chi connectivity index (χ2v) is 5.98. The van der Waals surface area contributed by atoms with Crippen LogP contribution in [0.4, 0.5) is 11.5 Å². The summed E-state index contributed by atoms with van der Waals surface area (Å²) >= 11 is 5.88. The van der Waals surface area contributed by atoms with Crippen molar-refractivity contribution < 1.29 is 9.32 Å². The molecule has 0 spiro atoms. The van der Waals surface area contributed by atoms with Crippen LogP contribution < -0.4 is 10.6 Å². The summed E-state index contributed by atoms with van der Waals surface area (Å²) in [6, 6.07) is 11.1. The van der Waals surface area contributed by atoms with E-state index >= 15 is 0 Å². The van der Waals surface area contributed by atoms with Crippen molar-refractivity contribution in [3.05, 3.63) is 70.7 Å². The molecule has 0 unspecified atom stereocenters. The van der Waals surface area contributed by atoms with E-state index in [1.54, 1.807) is 25.3 Å². The molecule has 3 rings (SSSR count). The molecule has 2 N–H and O–H groups in total. The maximum atomic E-state index is 12.2. The van der Waals surface area contributed by atoms with Crippen molar-refractivity contribution in [1.29, 1.82) is 0 Å². The Kier molecular flexibility index (Phi) is 5.30. The smallest absolute Gasteiger partial charge is 0.258 e. The highest BCUT2D eigenvalue weighted by atomic mass is 35.5. The molecule has 0 bridgehead atoms. The summed E-state index contributed by atoms with van der Waals surface area (Å²) in [5.74, 6) is 0.719. The maximum Gasteiger partial charge on any atom is 0.258 e. The number of nitrogens with one attached hydrogen (secondary N) is 2. The molecule has 2 aromatic heterocycles. The minimum absolute atomic E-state index is 0.290. The van der Waals surface area contributed by atoms with Gasteiger partial charge in [-0.2, -0.15) is 0 Å². The lowest BCUT2D eigenvalue weighted by Crippen LogP contribution is -2.13. The Morgan fingerprint density at radius 2 is 2.00 bits per heavy atom. The van der Waals surface area contributed by atoms with Crippen LogP contribution in [0.5, 0.6) is 0 Å².